The Morgan fingerprint density at radius 2 is 1.97 bits per heavy atom. The first-order valence-electron chi connectivity index (χ1n) is 10.4. The number of benzene rings is 1. The van der Waals surface area contributed by atoms with Crippen molar-refractivity contribution in [3.05, 3.63) is 58.6 Å². The number of piperidine rings is 1. The Labute approximate surface area is 183 Å². The molecule has 6 nitrogen and oxygen atoms in total. The first-order valence-corrected chi connectivity index (χ1v) is 10.8. The van der Waals surface area contributed by atoms with Crippen LogP contribution < -0.4 is 4.90 Å². The van der Waals surface area contributed by atoms with Crippen LogP contribution in [0.5, 0.6) is 0 Å². The highest BCUT2D eigenvalue weighted by molar-refractivity contribution is 6.30. The molecule has 4 rings (SSSR count). The summed E-state index contributed by atoms with van der Waals surface area (Å²) in [5.41, 5.74) is 5.75. The molecule has 158 valence electrons. The van der Waals surface area contributed by atoms with E-state index >= 15 is 0 Å². The van der Waals surface area contributed by atoms with Crippen molar-refractivity contribution in [2.45, 2.75) is 32.2 Å². The standard InChI is InChI=1S/C23H29ClN6/c1-16-19(13-29(4)27-16)15-30-11-5-6-18(14-30)22-21(12-25-23(26-22)28(2)3)17-7-9-20(24)10-8-17/h7-10,12-13,18H,5-6,11,14-15H2,1-4H3/t18-/m1/s1. The second-order valence-electron chi connectivity index (χ2n) is 8.36. The summed E-state index contributed by atoms with van der Waals surface area (Å²) in [5.74, 6) is 1.12. The quantitative estimate of drug-likeness (QED) is 0.611. The van der Waals surface area contributed by atoms with E-state index < -0.39 is 0 Å². The summed E-state index contributed by atoms with van der Waals surface area (Å²) in [6.45, 7) is 5.10. The Balaban J connectivity index is 1.64. The van der Waals surface area contributed by atoms with E-state index in [2.05, 4.69) is 40.2 Å². The van der Waals surface area contributed by atoms with Crippen LogP contribution in [0.1, 0.15) is 35.7 Å². The van der Waals surface area contributed by atoms with E-state index in [4.69, 9.17) is 16.6 Å². The van der Waals surface area contributed by atoms with Crippen molar-refractivity contribution in [1.82, 2.24) is 24.6 Å². The molecule has 0 N–H and O–H groups in total. The molecule has 1 fully saturated rings. The molecular formula is C23H29ClN6. The maximum absolute atomic E-state index is 6.11. The normalized spacial score (nSPS) is 17.3. The first kappa shape index (κ1) is 20.8. The van der Waals surface area contributed by atoms with Gasteiger partial charge in [0.1, 0.15) is 0 Å². The zero-order valence-electron chi connectivity index (χ0n) is 18.1. The number of anilines is 1. The highest BCUT2D eigenvalue weighted by Crippen LogP contribution is 2.34. The van der Waals surface area contributed by atoms with Gasteiger partial charge in [-0.2, -0.15) is 5.10 Å². The van der Waals surface area contributed by atoms with Gasteiger partial charge in [0.05, 0.1) is 11.4 Å². The molecule has 0 saturated carbocycles. The lowest BCUT2D eigenvalue weighted by Gasteiger charge is -2.33. The molecule has 1 aliphatic heterocycles. The largest absolute Gasteiger partial charge is 0.347 e. The number of aromatic nitrogens is 4. The fourth-order valence-electron chi connectivity index (χ4n) is 4.23. The van der Waals surface area contributed by atoms with Crippen LogP contribution in [0.25, 0.3) is 11.1 Å². The van der Waals surface area contributed by atoms with Gasteiger partial charge in [-0.15, -0.1) is 0 Å². The molecule has 1 saturated heterocycles. The average Bonchev–Trinajstić information content (AvgIpc) is 3.05. The molecule has 7 heteroatoms. The van der Waals surface area contributed by atoms with Crippen molar-refractivity contribution in [3.63, 3.8) is 0 Å². The van der Waals surface area contributed by atoms with E-state index in [0.29, 0.717) is 5.92 Å². The van der Waals surface area contributed by atoms with Gasteiger partial charge in [0, 0.05) is 68.7 Å². The van der Waals surface area contributed by atoms with E-state index in [9.17, 15) is 0 Å². The van der Waals surface area contributed by atoms with Crippen molar-refractivity contribution in [3.8, 4) is 11.1 Å². The molecule has 0 aliphatic carbocycles. The van der Waals surface area contributed by atoms with E-state index in [1.54, 1.807) is 0 Å². The summed E-state index contributed by atoms with van der Waals surface area (Å²) in [7, 11) is 5.95. The third-order valence-corrected chi connectivity index (χ3v) is 6.01. The lowest BCUT2D eigenvalue weighted by molar-refractivity contribution is 0.198. The minimum Gasteiger partial charge on any atom is -0.347 e. The summed E-state index contributed by atoms with van der Waals surface area (Å²) >= 11 is 6.11. The number of hydrogen-bond donors (Lipinski definition) is 0. The molecule has 0 bridgehead atoms. The fourth-order valence-corrected chi connectivity index (χ4v) is 4.36. The number of nitrogens with zero attached hydrogens (tertiary/aromatic N) is 6. The van der Waals surface area contributed by atoms with E-state index in [1.807, 2.05) is 49.1 Å². The van der Waals surface area contributed by atoms with Gasteiger partial charge >= 0.3 is 0 Å². The minimum absolute atomic E-state index is 0.364. The van der Waals surface area contributed by atoms with Crippen molar-refractivity contribution in [2.24, 2.45) is 7.05 Å². The monoisotopic (exact) mass is 424 g/mol. The molecule has 1 aromatic carbocycles. The zero-order valence-corrected chi connectivity index (χ0v) is 18.9. The Kier molecular flexibility index (Phi) is 6.06. The number of halogens is 1. The molecule has 0 radical (unpaired) electrons. The summed E-state index contributed by atoms with van der Waals surface area (Å²) < 4.78 is 1.90. The molecule has 1 atom stereocenters. The molecule has 1 aliphatic rings. The molecule has 0 spiro atoms. The Morgan fingerprint density at radius 1 is 1.20 bits per heavy atom. The van der Waals surface area contributed by atoms with Gasteiger partial charge < -0.3 is 4.90 Å². The highest BCUT2D eigenvalue weighted by atomic mass is 35.5. The first-order chi connectivity index (χ1) is 14.4. The van der Waals surface area contributed by atoms with Gasteiger partial charge in [0.25, 0.3) is 0 Å². The van der Waals surface area contributed by atoms with Crippen LogP contribution in [0.2, 0.25) is 5.02 Å². The van der Waals surface area contributed by atoms with Crippen LogP contribution in [-0.4, -0.2) is 51.8 Å². The van der Waals surface area contributed by atoms with Gasteiger partial charge in [0.2, 0.25) is 5.95 Å². The fraction of sp³-hybridized carbons (Fsp3) is 0.435. The number of likely N-dealkylation sites (tertiary alicyclic amines) is 1. The second kappa shape index (κ2) is 8.74. The van der Waals surface area contributed by atoms with Crippen LogP contribution in [0, 0.1) is 6.92 Å². The third-order valence-electron chi connectivity index (χ3n) is 5.76. The summed E-state index contributed by atoms with van der Waals surface area (Å²) in [6, 6.07) is 7.97. The summed E-state index contributed by atoms with van der Waals surface area (Å²) in [5, 5.41) is 5.24. The van der Waals surface area contributed by atoms with Crippen LogP contribution in [-0.2, 0) is 13.6 Å². The topological polar surface area (TPSA) is 50.1 Å². The van der Waals surface area contributed by atoms with Crippen molar-refractivity contribution in [1.29, 1.82) is 0 Å². The average molecular weight is 425 g/mol. The summed E-state index contributed by atoms with van der Waals surface area (Å²) in [6.07, 6.45) is 6.39. The van der Waals surface area contributed by atoms with Crippen molar-refractivity contribution in [2.75, 3.05) is 32.1 Å². The van der Waals surface area contributed by atoms with Gasteiger partial charge in [-0.3, -0.25) is 9.58 Å². The van der Waals surface area contributed by atoms with Gasteiger partial charge in [-0.1, -0.05) is 23.7 Å². The molecule has 0 amide bonds. The van der Waals surface area contributed by atoms with Crippen LogP contribution in [0.4, 0.5) is 5.95 Å². The molecule has 3 aromatic rings. The smallest absolute Gasteiger partial charge is 0.225 e. The van der Waals surface area contributed by atoms with Crippen LogP contribution in [0.15, 0.2) is 36.7 Å². The lowest BCUT2D eigenvalue weighted by atomic mass is 9.89. The number of aryl methyl sites for hydroxylation is 2. The molecule has 3 heterocycles. The maximum atomic E-state index is 6.11. The number of hydrogen-bond acceptors (Lipinski definition) is 5. The molecule has 30 heavy (non-hydrogen) atoms. The third kappa shape index (κ3) is 4.50. The van der Waals surface area contributed by atoms with Gasteiger partial charge in [-0.05, 0) is 44.0 Å². The highest BCUT2D eigenvalue weighted by Gasteiger charge is 2.26. The number of rotatable bonds is 5. The van der Waals surface area contributed by atoms with Crippen LogP contribution in [0.3, 0.4) is 0 Å². The van der Waals surface area contributed by atoms with Gasteiger partial charge in [0.15, 0.2) is 0 Å². The van der Waals surface area contributed by atoms with Crippen LogP contribution >= 0.6 is 11.6 Å². The van der Waals surface area contributed by atoms with Crippen molar-refractivity contribution >= 4 is 17.5 Å². The van der Waals surface area contributed by atoms with E-state index in [0.717, 1.165) is 66.0 Å². The van der Waals surface area contributed by atoms with E-state index in [-0.39, 0.29) is 0 Å². The predicted octanol–water partition coefficient (Wildman–Crippen LogP) is 4.28. The Hall–Kier alpha value is -2.44. The zero-order chi connectivity index (χ0) is 21.3. The van der Waals surface area contributed by atoms with E-state index in [1.165, 1.54) is 5.56 Å². The summed E-state index contributed by atoms with van der Waals surface area (Å²) in [4.78, 5) is 14.1. The molecular weight excluding hydrogens is 396 g/mol. The predicted molar refractivity (Wildman–Crippen MR) is 122 cm³/mol. The second-order valence-corrected chi connectivity index (χ2v) is 8.79. The molecule has 0 unspecified atom stereocenters. The molecule has 2 aromatic heterocycles. The van der Waals surface area contributed by atoms with Crippen molar-refractivity contribution < 1.29 is 0 Å². The van der Waals surface area contributed by atoms with Gasteiger partial charge in [-0.25, -0.2) is 9.97 Å². The Bertz CT molecular complexity index is 1010. The lowest BCUT2D eigenvalue weighted by Crippen LogP contribution is -2.34. The Morgan fingerprint density at radius 3 is 2.63 bits per heavy atom. The minimum atomic E-state index is 0.364. The SMILES string of the molecule is Cc1nn(C)cc1CN1CCC[C@@H](c2nc(N(C)C)ncc2-c2ccc(Cl)cc2)C1. The maximum Gasteiger partial charge on any atom is 0.225 e.